The number of rotatable bonds is 5. The van der Waals surface area contributed by atoms with Crippen LogP contribution in [0, 0.1) is 13.8 Å². The Bertz CT molecular complexity index is 281. The van der Waals surface area contributed by atoms with E-state index < -0.39 is 0 Å². The summed E-state index contributed by atoms with van der Waals surface area (Å²) in [6.45, 7) is 7.72. The first-order valence-corrected chi connectivity index (χ1v) is 5.13. The molecule has 0 bridgehead atoms. The molecule has 0 saturated carbocycles. The molecule has 0 aliphatic rings. The van der Waals surface area contributed by atoms with E-state index in [0.29, 0.717) is 6.04 Å². The van der Waals surface area contributed by atoms with Gasteiger partial charge in [-0.25, -0.2) is 0 Å². The van der Waals surface area contributed by atoms with Crippen LogP contribution in [0.2, 0.25) is 0 Å². The van der Waals surface area contributed by atoms with E-state index in [0.717, 1.165) is 31.0 Å². The van der Waals surface area contributed by atoms with Gasteiger partial charge in [-0.1, -0.05) is 0 Å². The highest BCUT2D eigenvalue weighted by atomic mass is 16.3. The molecule has 3 N–H and O–H groups in total. The van der Waals surface area contributed by atoms with Gasteiger partial charge in [0.25, 0.3) is 0 Å². The van der Waals surface area contributed by atoms with E-state index in [1.807, 2.05) is 13.8 Å². The number of hydrogen-bond donors (Lipinski definition) is 2. The van der Waals surface area contributed by atoms with Crippen molar-refractivity contribution < 1.29 is 4.42 Å². The largest absolute Gasteiger partial charge is 0.466 e. The first kappa shape index (κ1) is 11.3. The van der Waals surface area contributed by atoms with Crippen LogP contribution in [-0.2, 0) is 6.54 Å². The molecule has 1 aromatic rings. The number of furan rings is 1. The first-order chi connectivity index (χ1) is 6.63. The molecule has 1 rings (SSSR count). The summed E-state index contributed by atoms with van der Waals surface area (Å²) < 4.78 is 5.44. The molecule has 3 heteroatoms. The minimum atomic E-state index is 0.467. The third-order valence-electron chi connectivity index (χ3n) is 2.38. The van der Waals surface area contributed by atoms with Crippen LogP contribution < -0.4 is 11.1 Å². The van der Waals surface area contributed by atoms with Crippen LogP contribution >= 0.6 is 0 Å². The number of nitrogens with one attached hydrogen (secondary N) is 1. The van der Waals surface area contributed by atoms with Crippen LogP contribution in [0.25, 0.3) is 0 Å². The molecule has 0 saturated heterocycles. The fraction of sp³-hybridized carbons (Fsp3) is 0.636. The van der Waals surface area contributed by atoms with Gasteiger partial charge in [-0.3, -0.25) is 0 Å². The predicted octanol–water partition coefficient (Wildman–Crippen LogP) is 1.72. The Labute approximate surface area is 85.7 Å². The van der Waals surface area contributed by atoms with Crippen LogP contribution in [0.1, 0.15) is 30.4 Å². The summed E-state index contributed by atoms with van der Waals surface area (Å²) in [6, 6.07) is 2.55. The minimum Gasteiger partial charge on any atom is -0.466 e. The van der Waals surface area contributed by atoms with Gasteiger partial charge >= 0.3 is 0 Å². The van der Waals surface area contributed by atoms with Gasteiger partial charge in [0.1, 0.15) is 11.5 Å². The lowest BCUT2D eigenvalue weighted by atomic mass is 10.2. The highest BCUT2D eigenvalue weighted by Gasteiger charge is 2.05. The second kappa shape index (κ2) is 5.17. The molecule has 0 spiro atoms. The topological polar surface area (TPSA) is 51.2 Å². The van der Waals surface area contributed by atoms with Crippen LogP contribution in [-0.4, -0.2) is 12.6 Å². The van der Waals surface area contributed by atoms with Crippen molar-refractivity contribution >= 4 is 0 Å². The molecule has 0 amide bonds. The maximum absolute atomic E-state index is 5.47. The van der Waals surface area contributed by atoms with Gasteiger partial charge in [-0.05, 0) is 39.8 Å². The predicted molar refractivity (Wildman–Crippen MR) is 58.2 cm³/mol. The number of nitrogens with two attached hydrogens (primary N) is 1. The molecule has 1 heterocycles. The molecule has 0 aliphatic heterocycles. The van der Waals surface area contributed by atoms with Crippen LogP contribution in [0.3, 0.4) is 0 Å². The maximum Gasteiger partial charge on any atom is 0.105 e. The molecule has 0 aliphatic carbocycles. The van der Waals surface area contributed by atoms with Crippen molar-refractivity contribution in [2.45, 2.75) is 39.8 Å². The van der Waals surface area contributed by atoms with Crippen molar-refractivity contribution in [3.05, 3.63) is 23.2 Å². The van der Waals surface area contributed by atoms with Crippen molar-refractivity contribution in [1.82, 2.24) is 5.32 Å². The van der Waals surface area contributed by atoms with Crippen molar-refractivity contribution in [2.24, 2.45) is 5.73 Å². The van der Waals surface area contributed by atoms with Crippen molar-refractivity contribution in [3.8, 4) is 0 Å². The lowest BCUT2D eigenvalue weighted by molar-refractivity contribution is 0.488. The van der Waals surface area contributed by atoms with E-state index in [-0.39, 0.29) is 0 Å². The molecule has 0 fully saturated rings. The smallest absolute Gasteiger partial charge is 0.105 e. The molecule has 3 nitrogen and oxygen atoms in total. The average molecular weight is 196 g/mol. The monoisotopic (exact) mass is 196 g/mol. The Morgan fingerprint density at radius 1 is 1.50 bits per heavy atom. The van der Waals surface area contributed by atoms with E-state index in [4.69, 9.17) is 10.2 Å². The fourth-order valence-electron chi connectivity index (χ4n) is 1.50. The van der Waals surface area contributed by atoms with Gasteiger partial charge in [-0.15, -0.1) is 0 Å². The summed E-state index contributed by atoms with van der Waals surface area (Å²) in [4.78, 5) is 0. The highest BCUT2D eigenvalue weighted by Crippen LogP contribution is 2.13. The molecule has 1 unspecified atom stereocenters. The van der Waals surface area contributed by atoms with E-state index in [2.05, 4.69) is 18.3 Å². The SMILES string of the molecule is Cc1cc(CNC(C)CCN)c(C)o1. The van der Waals surface area contributed by atoms with Gasteiger partial charge in [0.15, 0.2) is 0 Å². The molecule has 1 atom stereocenters. The number of hydrogen-bond acceptors (Lipinski definition) is 3. The molecule has 1 aromatic heterocycles. The fourth-order valence-corrected chi connectivity index (χ4v) is 1.50. The maximum atomic E-state index is 5.47. The minimum absolute atomic E-state index is 0.467. The van der Waals surface area contributed by atoms with Gasteiger partial charge in [-0.2, -0.15) is 0 Å². The second-order valence-electron chi connectivity index (χ2n) is 3.80. The summed E-state index contributed by atoms with van der Waals surface area (Å²) in [5, 5.41) is 3.41. The lowest BCUT2D eigenvalue weighted by Crippen LogP contribution is -2.27. The Morgan fingerprint density at radius 2 is 2.21 bits per heavy atom. The first-order valence-electron chi connectivity index (χ1n) is 5.13. The summed E-state index contributed by atoms with van der Waals surface area (Å²) in [5.74, 6) is 1.99. The van der Waals surface area contributed by atoms with E-state index in [1.54, 1.807) is 0 Å². The standard InChI is InChI=1S/C11H20N2O/c1-8(4-5-12)13-7-11-6-9(2)14-10(11)3/h6,8,13H,4-5,7,12H2,1-3H3. The summed E-state index contributed by atoms with van der Waals surface area (Å²) >= 11 is 0. The zero-order valence-electron chi connectivity index (χ0n) is 9.26. The van der Waals surface area contributed by atoms with Crippen LogP contribution in [0.5, 0.6) is 0 Å². The quantitative estimate of drug-likeness (QED) is 0.754. The molecule has 14 heavy (non-hydrogen) atoms. The Hall–Kier alpha value is -0.800. The van der Waals surface area contributed by atoms with Gasteiger partial charge in [0, 0.05) is 18.2 Å². The van der Waals surface area contributed by atoms with Gasteiger partial charge in [0.05, 0.1) is 0 Å². The Balaban J connectivity index is 2.41. The summed E-state index contributed by atoms with van der Waals surface area (Å²) in [6.07, 6.45) is 1.01. The normalized spacial score (nSPS) is 13.1. The van der Waals surface area contributed by atoms with E-state index in [1.165, 1.54) is 5.56 Å². The van der Waals surface area contributed by atoms with E-state index >= 15 is 0 Å². The lowest BCUT2D eigenvalue weighted by Gasteiger charge is -2.11. The highest BCUT2D eigenvalue weighted by molar-refractivity contribution is 5.19. The Kier molecular flexibility index (Phi) is 4.17. The van der Waals surface area contributed by atoms with E-state index in [9.17, 15) is 0 Å². The zero-order valence-corrected chi connectivity index (χ0v) is 9.26. The summed E-state index contributed by atoms with van der Waals surface area (Å²) in [7, 11) is 0. The number of aryl methyl sites for hydroxylation is 2. The van der Waals surface area contributed by atoms with Gasteiger partial charge < -0.3 is 15.5 Å². The van der Waals surface area contributed by atoms with Crippen LogP contribution in [0.4, 0.5) is 0 Å². The third-order valence-corrected chi connectivity index (χ3v) is 2.38. The molecule has 0 aromatic carbocycles. The Morgan fingerprint density at radius 3 is 2.71 bits per heavy atom. The third kappa shape index (κ3) is 3.16. The molecule has 0 radical (unpaired) electrons. The van der Waals surface area contributed by atoms with Gasteiger partial charge in [0.2, 0.25) is 0 Å². The summed E-state index contributed by atoms with van der Waals surface area (Å²) in [5.41, 5.74) is 6.72. The zero-order chi connectivity index (χ0) is 10.6. The second-order valence-corrected chi connectivity index (χ2v) is 3.80. The molecule has 80 valence electrons. The molecular weight excluding hydrogens is 176 g/mol. The average Bonchev–Trinajstić information content (AvgIpc) is 2.42. The van der Waals surface area contributed by atoms with Crippen molar-refractivity contribution in [3.63, 3.8) is 0 Å². The van der Waals surface area contributed by atoms with Crippen molar-refractivity contribution in [1.29, 1.82) is 0 Å². The van der Waals surface area contributed by atoms with Crippen LogP contribution in [0.15, 0.2) is 10.5 Å². The van der Waals surface area contributed by atoms with Crippen molar-refractivity contribution in [2.75, 3.05) is 6.54 Å². The molecular formula is C11H20N2O.